The molecule has 0 heterocycles. The second kappa shape index (κ2) is 6.69. The van der Waals surface area contributed by atoms with E-state index in [-0.39, 0.29) is 12.1 Å². The highest BCUT2D eigenvalue weighted by atomic mass is 16.3. The first-order valence-corrected chi connectivity index (χ1v) is 7.11. The zero-order chi connectivity index (χ0) is 14.5. The quantitative estimate of drug-likeness (QED) is 0.872. The Kier molecular flexibility index (Phi) is 4.94. The van der Waals surface area contributed by atoms with E-state index < -0.39 is 0 Å². The molecule has 0 aliphatic rings. The van der Waals surface area contributed by atoms with Crippen molar-refractivity contribution < 1.29 is 5.11 Å². The van der Waals surface area contributed by atoms with Gasteiger partial charge in [0.15, 0.2) is 0 Å². The molecule has 0 aliphatic carbocycles. The van der Waals surface area contributed by atoms with E-state index in [2.05, 4.69) is 61.6 Å². The minimum atomic E-state index is -0.355. The number of benzene rings is 2. The van der Waals surface area contributed by atoms with Gasteiger partial charge in [-0.3, -0.25) is 0 Å². The molecule has 0 saturated heterocycles. The first-order valence-electron chi connectivity index (χ1n) is 7.11. The van der Waals surface area contributed by atoms with Crippen molar-refractivity contribution in [3.8, 4) is 0 Å². The molecule has 2 nitrogen and oxygen atoms in total. The molecule has 0 saturated carbocycles. The van der Waals surface area contributed by atoms with E-state index in [1.807, 2.05) is 6.07 Å². The largest absolute Gasteiger partial charge is 0.392 e. The third kappa shape index (κ3) is 3.69. The maximum atomic E-state index is 9.56. The van der Waals surface area contributed by atoms with Crippen LogP contribution in [-0.4, -0.2) is 17.8 Å². The van der Waals surface area contributed by atoms with E-state index in [1.165, 1.54) is 22.3 Å². The predicted octanol–water partition coefficient (Wildman–Crippen LogP) is 3.36. The average Bonchev–Trinajstić information content (AvgIpc) is 2.43. The van der Waals surface area contributed by atoms with Crippen LogP contribution in [-0.2, 0) is 0 Å². The third-order valence-corrected chi connectivity index (χ3v) is 3.50. The average molecular weight is 269 g/mol. The fourth-order valence-corrected chi connectivity index (χ4v) is 2.41. The number of nitrogens with one attached hydrogen (secondary N) is 1. The highest BCUT2D eigenvalue weighted by Crippen LogP contribution is 2.25. The second-order valence-electron chi connectivity index (χ2n) is 5.46. The molecule has 0 radical (unpaired) electrons. The summed E-state index contributed by atoms with van der Waals surface area (Å²) in [5.74, 6) is 0. The van der Waals surface area contributed by atoms with Crippen LogP contribution in [0.4, 0.5) is 0 Å². The molecular formula is C18H23NO. The third-order valence-electron chi connectivity index (χ3n) is 3.50. The van der Waals surface area contributed by atoms with Gasteiger partial charge in [-0.1, -0.05) is 54.1 Å². The lowest BCUT2D eigenvalue weighted by atomic mass is 9.93. The van der Waals surface area contributed by atoms with Crippen molar-refractivity contribution in [1.82, 2.24) is 5.32 Å². The smallest absolute Gasteiger partial charge is 0.0636 e. The molecule has 2 aromatic carbocycles. The SMILES string of the molecule is Cc1ccc(C)c(C(NCC(C)O)c2ccccc2)c1. The summed E-state index contributed by atoms with van der Waals surface area (Å²) in [6.45, 7) is 6.62. The van der Waals surface area contributed by atoms with Crippen LogP contribution < -0.4 is 5.32 Å². The number of rotatable bonds is 5. The summed E-state index contributed by atoms with van der Waals surface area (Å²) in [6.07, 6.45) is -0.355. The summed E-state index contributed by atoms with van der Waals surface area (Å²) in [5.41, 5.74) is 5.02. The number of aryl methyl sites for hydroxylation is 2. The van der Waals surface area contributed by atoms with Crippen LogP contribution in [0.5, 0.6) is 0 Å². The maximum Gasteiger partial charge on any atom is 0.0636 e. The maximum absolute atomic E-state index is 9.56. The molecule has 106 valence electrons. The fraction of sp³-hybridized carbons (Fsp3) is 0.333. The number of aliphatic hydroxyl groups excluding tert-OH is 1. The van der Waals surface area contributed by atoms with Crippen LogP contribution in [0.2, 0.25) is 0 Å². The predicted molar refractivity (Wildman–Crippen MR) is 83.9 cm³/mol. The lowest BCUT2D eigenvalue weighted by molar-refractivity contribution is 0.188. The summed E-state index contributed by atoms with van der Waals surface area (Å²) < 4.78 is 0. The van der Waals surface area contributed by atoms with E-state index >= 15 is 0 Å². The van der Waals surface area contributed by atoms with Crippen LogP contribution >= 0.6 is 0 Å². The minimum Gasteiger partial charge on any atom is -0.392 e. The Bertz CT molecular complexity index is 549. The molecule has 0 spiro atoms. The van der Waals surface area contributed by atoms with Gasteiger partial charge in [0.1, 0.15) is 0 Å². The number of aliphatic hydroxyl groups is 1. The molecular weight excluding hydrogens is 246 g/mol. The lowest BCUT2D eigenvalue weighted by Crippen LogP contribution is -2.30. The Morgan fingerprint density at radius 1 is 1.05 bits per heavy atom. The molecule has 0 aliphatic heterocycles. The highest BCUT2D eigenvalue weighted by molar-refractivity contribution is 5.39. The van der Waals surface area contributed by atoms with Crippen molar-refractivity contribution in [1.29, 1.82) is 0 Å². The molecule has 2 unspecified atom stereocenters. The van der Waals surface area contributed by atoms with E-state index in [0.717, 1.165) is 0 Å². The number of hydrogen-bond acceptors (Lipinski definition) is 2. The van der Waals surface area contributed by atoms with Crippen molar-refractivity contribution in [3.05, 3.63) is 70.8 Å². The molecule has 2 rings (SSSR count). The summed E-state index contributed by atoms with van der Waals surface area (Å²) in [7, 11) is 0. The van der Waals surface area contributed by atoms with Gasteiger partial charge >= 0.3 is 0 Å². The molecule has 2 N–H and O–H groups in total. The van der Waals surface area contributed by atoms with Crippen molar-refractivity contribution >= 4 is 0 Å². The standard InChI is InChI=1S/C18H23NO/c1-13-9-10-14(2)17(11-13)18(19-12-15(3)20)16-7-5-4-6-8-16/h4-11,15,18-20H,12H2,1-3H3. The molecule has 2 heteroatoms. The van der Waals surface area contributed by atoms with E-state index in [1.54, 1.807) is 6.92 Å². The molecule has 0 amide bonds. The Morgan fingerprint density at radius 2 is 1.75 bits per heavy atom. The van der Waals surface area contributed by atoms with Crippen LogP contribution in [0.3, 0.4) is 0 Å². The van der Waals surface area contributed by atoms with Crippen molar-refractivity contribution in [2.45, 2.75) is 32.9 Å². The van der Waals surface area contributed by atoms with Gasteiger partial charge in [-0.25, -0.2) is 0 Å². The summed E-state index contributed by atoms with van der Waals surface area (Å²) in [5, 5.41) is 13.0. The van der Waals surface area contributed by atoms with Crippen molar-refractivity contribution in [3.63, 3.8) is 0 Å². The lowest BCUT2D eigenvalue weighted by Gasteiger charge is -2.23. The van der Waals surface area contributed by atoms with Crippen LogP contribution in [0.25, 0.3) is 0 Å². The van der Waals surface area contributed by atoms with E-state index in [9.17, 15) is 5.11 Å². The zero-order valence-corrected chi connectivity index (χ0v) is 12.4. The van der Waals surface area contributed by atoms with Crippen LogP contribution in [0.15, 0.2) is 48.5 Å². The topological polar surface area (TPSA) is 32.3 Å². The summed E-state index contributed by atoms with van der Waals surface area (Å²) in [6, 6.07) is 17.0. The van der Waals surface area contributed by atoms with E-state index in [4.69, 9.17) is 0 Å². The van der Waals surface area contributed by atoms with Crippen molar-refractivity contribution in [2.75, 3.05) is 6.54 Å². The van der Waals surface area contributed by atoms with Gasteiger partial charge in [0.2, 0.25) is 0 Å². The van der Waals surface area contributed by atoms with Gasteiger partial charge in [0, 0.05) is 6.54 Å². The summed E-state index contributed by atoms with van der Waals surface area (Å²) in [4.78, 5) is 0. The van der Waals surface area contributed by atoms with Crippen LogP contribution in [0.1, 0.15) is 35.2 Å². The Hall–Kier alpha value is -1.64. The Balaban J connectivity index is 2.38. The highest BCUT2D eigenvalue weighted by Gasteiger charge is 2.16. The monoisotopic (exact) mass is 269 g/mol. The Morgan fingerprint density at radius 3 is 2.40 bits per heavy atom. The van der Waals surface area contributed by atoms with Gasteiger partial charge in [-0.2, -0.15) is 0 Å². The molecule has 2 atom stereocenters. The summed E-state index contributed by atoms with van der Waals surface area (Å²) >= 11 is 0. The minimum absolute atomic E-state index is 0.116. The number of hydrogen-bond donors (Lipinski definition) is 2. The van der Waals surface area contributed by atoms with Gasteiger partial charge in [0.25, 0.3) is 0 Å². The normalized spacial score (nSPS) is 14.0. The Labute approximate surface area is 121 Å². The first-order chi connectivity index (χ1) is 9.58. The zero-order valence-electron chi connectivity index (χ0n) is 12.4. The van der Waals surface area contributed by atoms with Crippen LogP contribution in [0, 0.1) is 13.8 Å². The van der Waals surface area contributed by atoms with Gasteiger partial charge in [0.05, 0.1) is 12.1 Å². The van der Waals surface area contributed by atoms with E-state index in [0.29, 0.717) is 6.54 Å². The molecule has 0 bridgehead atoms. The van der Waals surface area contributed by atoms with Crippen molar-refractivity contribution in [2.24, 2.45) is 0 Å². The van der Waals surface area contributed by atoms with Gasteiger partial charge in [-0.15, -0.1) is 0 Å². The van der Waals surface area contributed by atoms with Gasteiger partial charge in [-0.05, 0) is 37.5 Å². The molecule has 2 aromatic rings. The first kappa shape index (κ1) is 14.8. The molecule has 20 heavy (non-hydrogen) atoms. The fourth-order valence-electron chi connectivity index (χ4n) is 2.41. The van der Waals surface area contributed by atoms with Gasteiger partial charge < -0.3 is 10.4 Å². The molecule has 0 fully saturated rings. The molecule has 0 aromatic heterocycles. The second-order valence-corrected chi connectivity index (χ2v) is 5.46.